The molecule has 0 aliphatic heterocycles. The molecule has 0 aliphatic rings. The number of fused-ring (bicyclic) bond motifs is 1. The fourth-order valence-corrected chi connectivity index (χ4v) is 3.19. The number of halogens is 1. The van der Waals surface area contributed by atoms with Crippen molar-refractivity contribution in [3.8, 4) is 0 Å². The molecule has 2 heterocycles. The molecule has 3 rings (SSSR count). The monoisotopic (exact) mass is 411 g/mol. The van der Waals surface area contributed by atoms with Gasteiger partial charge in [0.15, 0.2) is 5.78 Å². The summed E-state index contributed by atoms with van der Waals surface area (Å²) in [6.45, 7) is 5.65. The number of ketones is 1. The van der Waals surface area contributed by atoms with Crippen LogP contribution in [0.25, 0.3) is 11.0 Å². The number of benzene rings is 1. The van der Waals surface area contributed by atoms with Crippen molar-refractivity contribution in [3.63, 3.8) is 0 Å². The second-order valence-electron chi connectivity index (χ2n) is 7.04. The van der Waals surface area contributed by atoms with Gasteiger partial charge in [0.05, 0.1) is 10.9 Å². The van der Waals surface area contributed by atoms with Gasteiger partial charge in [-0.1, -0.05) is 30.7 Å². The average molecular weight is 412 g/mol. The van der Waals surface area contributed by atoms with Gasteiger partial charge in [-0.2, -0.15) is 0 Å². The zero-order valence-electron chi connectivity index (χ0n) is 16.5. The van der Waals surface area contributed by atoms with Gasteiger partial charge in [0.1, 0.15) is 12.2 Å². The number of rotatable bonds is 6. The van der Waals surface area contributed by atoms with Crippen LogP contribution in [0.2, 0.25) is 5.02 Å². The number of pyridine rings is 2. The van der Waals surface area contributed by atoms with E-state index in [0.717, 1.165) is 6.42 Å². The summed E-state index contributed by atoms with van der Waals surface area (Å²) < 4.78 is 1.55. The van der Waals surface area contributed by atoms with Crippen molar-refractivity contribution < 1.29 is 9.59 Å². The fraction of sp³-hybridized carbons (Fsp3) is 0.273. The van der Waals surface area contributed by atoms with E-state index in [1.807, 2.05) is 13.8 Å². The number of carbonyl (C=O) groups excluding carboxylic acids is 2. The maximum Gasteiger partial charge on any atom is 0.240 e. The summed E-state index contributed by atoms with van der Waals surface area (Å²) in [5, 5.41) is 3.59. The Morgan fingerprint density at radius 1 is 1.24 bits per heavy atom. The molecular formula is C22H22ClN3O3. The maximum atomic E-state index is 13.0. The second kappa shape index (κ2) is 8.57. The number of aromatic nitrogens is 2. The fourth-order valence-electron chi connectivity index (χ4n) is 3.00. The van der Waals surface area contributed by atoms with Crippen molar-refractivity contribution in [1.82, 2.24) is 14.9 Å². The van der Waals surface area contributed by atoms with Gasteiger partial charge in [0.25, 0.3) is 0 Å². The highest BCUT2D eigenvalue weighted by Crippen LogP contribution is 2.16. The van der Waals surface area contributed by atoms with Crippen LogP contribution in [-0.4, -0.2) is 27.3 Å². The van der Waals surface area contributed by atoms with Gasteiger partial charge in [-0.05, 0) is 44.5 Å². The predicted octanol–water partition coefficient (Wildman–Crippen LogP) is 3.50. The first-order valence-corrected chi connectivity index (χ1v) is 9.78. The minimum Gasteiger partial charge on any atom is -0.352 e. The van der Waals surface area contributed by atoms with Gasteiger partial charge < -0.3 is 9.88 Å². The summed E-state index contributed by atoms with van der Waals surface area (Å²) in [4.78, 5) is 42.9. The zero-order chi connectivity index (χ0) is 21.1. The lowest BCUT2D eigenvalue weighted by Gasteiger charge is -2.15. The molecular weight excluding hydrogens is 390 g/mol. The molecule has 0 saturated heterocycles. The van der Waals surface area contributed by atoms with Crippen LogP contribution >= 0.6 is 11.6 Å². The third kappa shape index (κ3) is 4.54. The molecule has 2 aromatic heterocycles. The largest absolute Gasteiger partial charge is 0.352 e. The summed E-state index contributed by atoms with van der Waals surface area (Å²) in [7, 11) is 0. The van der Waals surface area contributed by atoms with Crippen molar-refractivity contribution in [2.45, 2.75) is 39.8 Å². The molecule has 0 radical (unpaired) electrons. The van der Waals surface area contributed by atoms with Crippen molar-refractivity contribution in [2.75, 3.05) is 0 Å². The van der Waals surface area contributed by atoms with E-state index in [1.54, 1.807) is 41.8 Å². The predicted molar refractivity (Wildman–Crippen MR) is 114 cm³/mol. The van der Waals surface area contributed by atoms with Gasteiger partial charge in [0.2, 0.25) is 11.3 Å². The molecule has 3 aromatic rings. The Kier molecular flexibility index (Phi) is 6.13. The molecule has 1 amide bonds. The smallest absolute Gasteiger partial charge is 0.240 e. The van der Waals surface area contributed by atoms with Crippen LogP contribution in [0.5, 0.6) is 0 Å². The Balaban J connectivity index is 2.13. The Morgan fingerprint density at radius 3 is 2.69 bits per heavy atom. The molecule has 1 N–H and O–H groups in total. The van der Waals surface area contributed by atoms with Crippen LogP contribution in [0, 0.1) is 6.92 Å². The number of hydrogen-bond acceptors (Lipinski definition) is 4. The van der Waals surface area contributed by atoms with E-state index >= 15 is 0 Å². The average Bonchev–Trinajstić information content (AvgIpc) is 2.69. The molecule has 0 saturated carbocycles. The van der Waals surface area contributed by atoms with Gasteiger partial charge in [-0.3, -0.25) is 14.4 Å². The summed E-state index contributed by atoms with van der Waals surface area (Å²) in [5.41, 5.74) is 0.946. The van der Waals surface area contributed by atoms with Gasteiger partial charge in [0, 0.05) is 28.5 Å². The Bertz CT molecular complexity index is 1150. The molecule has 29 heavy (non-hydrogen) atoms. The van der Waals surface area contributed by atoms with E-state index in [-0.39, 0.29) is 24.1 Å². The lowest BCUT2D eigenvalue weighted by atomic mass is 10.0. The first-order valence-electron chi connectivity index (χ1n) is 9.40. The Morgan fingerprint density at radius 2 is 2.00 bits per heavy atom. The van der Waals surface area contributed by atoms with Crippen molar-refractivity contribution in [3.05, 3.63) is 74.7 Å². The lowest BCUT2D eigenvalue weighted by Crippen LogP contribution is -2.35. The molecule has 1 aromatic carbocycles. The standard InChI is InChI=1S/C22H22ClN3O3/c1-4-13(2)24-19(27)12-26-11-18(20(28)15-6-5-7-16(23)10-15)21(29)17-9-8-14(3)25-22(17)26/h5-11,13H,4,12H2,1-3H3,(H,24,27)/t13-/m1/s1. The second-order valence-corrected chi connectivity index (χ2v) is 7.48. The van der Waals surface area contributed by atoms with Crippen LogP contribution in [-0.2, 0) is 11.3 Å². The first kappa shape index (κ1) is 20.7. The molecule has 0 spiro atoms. The molecule has 6 nitrogen and oxygen atoms in total. The number of nitrogens with zero attached hydrogens (tertiary/aromatic N) is 2. The van der Waals surface area contributed by atoms with E-state index in [4.69, 9.17) is 11.6 Å². The number of nitrogens with one attached hydrogen (secondary N) is 1. The summed E-state index contributed by atoms with van der Waals surface area (Å²) in [6.07, 6.45) is 2.21. The highest BCUT2D eigenvalue weighted by Gasteiger charge is 2.19. The molecule has 150 valence electrons. The van der Waals surface area contributed by atoms with Crippen molar-refractivity contribution >= 4 is 34.3 Å². The molecule has 1 atom stereocenters. The zero-order valence-corrected chi connectivity index (χ0v) is 17.3. The number of hydrogen-bond donors (Lipinski definition) is 1. The quantitative estimate of drug-likeness (QED) is 0.629. The van der Waals surface area contributed by atoms with Gasteiger partial charge >= 0.3 is 0 Å². The highest BCUT2D eigenvalue weighted by atomic mass is 35.5. The summed E-state index contributed by atoms with van der Waals surface area (Å²) in [6, 6.07) is 9.79. The van der Waals surface area contributed by atoms with Crippen LogP contribution in [0.3, 0.4) is 0 Å². The minimum atomic E-state index is -0.448. The van der Waals surface area contributed by atoms with E-state index in [9.17, 15) is 14.4 Å². The minimum absolute atomic E-state index is 0.0235. The van der Waals surface area contributed by atoms with E-state index < -0.39 is 11.2 Å². The number of aryl methyl sites for hydroxylation is 1. The maximum absolute atomic E-state index is 13.0. The third-order valence-corrected chi connectivity index (χ3v) is 4.96. The van der Waals surface area contributed by atoms with Gasteiger partial charge in [-0.25, -0.2) is 4.98 Å². The molecule has 7 heteroatoms. The topological polar surface area (TPSA) is 81.1 Å². The summed E-state index contributed by atoms with van der Waals surface area (Å²) >= 11 is 5.99. The van der Waals surface area contributed by atoms with E-state index in [0.29, 0.717) is 27.3 Å². The normalized spacial score (nSPS) is 12.0. The van der Waals surface area contributed by atoms with E-state index in [1.165, 1.54) is 12.3 Å². The Labute approximate surface area is 173 Å². The Hall–Kier alpha value is -2.99. The molecule has 0 unspecified atom stereocenters. The summed E-state index contributed by atoms with van der Waals surface area (Å²) in [5.74, 6) is -0.662. The highest BCUT2D eigenvalue weighted by molar-refractivity contribution is 6.31. The lowest BCUT2D eigenvalue weighted by molar-refractivity contribution is -0.122. The number of carbonyl (C=O) groups is 2. The van der Waals surface area contributed by atoms with Gasteiger partial charge in [-0.15, -0.1) is 0 Å². The van der Waals surface area contributed by atoms with Crippen LogP contribution < -0.4 is 10.7 Å². The molecule has 0 bridgehead atoms. The van der Waals surface area contributed by atoms with Crippen molar-refractivity contribution in [2.24, 2.45) is 0 Å². The number of amides is 1. The van der Waals surface area contributed by atoms with E-state index in [2.05, 4.69) is 10.3 Å². The van der Waals surface area contributed by atoms with Crippen LogP contribution in [0.4, 0.5) is 0 Å². The molecule has 0 aliphatic carbocycles. The van der Waals surface area contributed by atoms with Crippen LogP contribution in [0.15, 0.2) is 47.4 Å². The third-order valence-electron chi connectivity index (χ3n) is 4.73. The molecule has 0 fully saturated rings. The van der Waals surface area contributed by atoms with Crippen molar-refractivity contribution in [1.29, 1.82) is 0 Å². The first-order chi connectivity index (χ1) is 13.8. The SMILES string of the molecule is CC[C@@H](C)NC(=O)Cn1cc(C(=O)c2cccc(Cl)c2)c(=O)c2ccc(C)nc21. The van der Waals surface area contributed by atoms with Crippen LogP contribution in [0.1, 0.15) is 41.9 Å².